The van der Waals surface area contributed by atoms with Gasteiger partial charge in [-0.3, -0.25) is 10.1 Å². The number of nitrogens with one attached hydrogen (secondary N) is 1. The van der Waals surface area contributed by atoms with Crippen LogP contribution in [0.15, 0.2) is 42.5 Å². The van der Waals surface area contributed by atoms with E-state index in [2.05, 4.69) is 5.32 Å². The minimum atomic E-state index is -0.531. The molecule has 0 amide bonds. The van der Waals surface area contributed by atoms with E-state index in [9.17, 15) is 14.5 Å². The molecule has 2 rings (SSSR count). The lowest BCUT2D eigenvalue weighted by Gasteiger charge is -2.15. The first-order chi connectivity index (χ1) is 9.95. The molecule has 0 heterocycles. The summed E-state index contributed by atoms with van der Waals surface area (Å²) in [6, 6.07) is 10.6. The molecular weight excluding hydrogens is 295 g/mol. The Balaban J connectivity index is 2.12. The van der Waals surface area contributed by atoms with Crippen molar-refractivity contribution in [3.05, 3.63) is 69.0 Å². The third-order valence-electron chi connectivity index (χ3n) is 3.01. The van der Waals surface area contributed by atoms with E-state index in [0.29, 0.717) is 11.4 Å². The topological polar surface area (TPSA) is 55.2 Å². The second kappa shape index (κ2) is 6.54. The Morgan fingerprint density at radius 2 is 1.95 bits per heavy atom. The molecule has 0 aliphatic carbocycles. The van der Waals surface area contributed by atoms with E-state index in [0.717, 1.165) is 23.8 Å². The van der Waals surface area contributed by atoms with E-state index in [1.54, 1.807) is 12.1 Å². The molecule has 4 nitrogen and oxygen atoms in total. The number of nitro groups is 1. The maximum absolute atomic E-state index is 13.3. The van der Waals surface area contributed by atoms with E-state index in [4.69, 9.17) is 11.6 Å². The minimum absolute atomic E-state index is 0.0910. The van der Waals surface area contributed by atoms with Crippen molar-refractivity contribution in [2.45, 2.75) is 19.4 Å². The number of hydrogen-bond donors (Lipinski definition) is 1. The Kier molecular flexibility index (Phi) is 4.75. The van der Waals surface area contributed by atoms with Crippen LogP contribution in [0.4, 0.5) is 15.8 Å². The summed E-state index contributed by atoms with van der Waals surface area (Å²) < 4.78 is 13.3. The van der Waals surface area contributed by atoms with Gasteiger partial charge in [0.25, 0.3) is 5.69 Å². The summed E-state index contributed by atoms with van der Waals surface area (Å²) in [6.45, 7) is 1.88. The van der Waals surface area contributed by atoms with Crippen LogP contribution in [0.5, 0.6) is 0 Å². The summed E-state index contributed by atoms with van der Waals surface area (Å²) in [7, 11) is 0. The van der Waals surface area contributed by atoms with Gasteiger partial charge in [0, 0.05) is 23.2 Å². The summed E-state index contributed by atoms with van der Waals surface area (Å²) in [4.78, 5) is 10.4. The van der Waals surface area contributed by atoms with Crippen LogP contribution in [0.1, 0.15) is 12.5 Å². The second-order valence-corrected chi connectivity index (χ2v) is 5.23. The molecule has 110 valence electrons. The van der Waals surface area contributed by atoms with Crippen LogP contribution in [0, 0.1) is 15.9 Å². The van der Waals surface area contributed by atoms with E-state index in [1.807, 2.05) is 19.1 Å². The molecule has 0 aliphatic heterocycles. The normalized spacial score (nSPS) is 12.0. The fourth-order valence-corrected chi connectivity index (χ4v) is 2.20. The van der Waals surface area contributed by atoms with E-state index < -0.39 is 10.7 Å². The number of hydrogen-bond acceptors (Lipinski definition) is 3. The van der Waals surface area contributed by atoms with Gasteiger partial charge in [0.05, 0.1) is 4.92 Å². The van der Waals surface area contributed by atoms with Gasteiger partial charge in [-0.15, -0.1) is 0 Å². The predicted octanol–water partition coefficient (Wildman–Crippen LogP) is 4.43. The average Bonchev–Trinajstić information content (AvgIpc) is 2.41. The minimum Gasteiger partial charge on any atom is -0.377 e. The molecule has 0 saturated heterocycles. The molecule has 0 bridgehead atoms. The molecule has 0 aromatic heterocycles. The summed E-state index contributed by atoms with van der Waals surface area (Å²) in [5.41, 5.74) is 1.08. The monoisotopic (exact) mass is 308 g/mol. The van der Waals surface area contributed by atoms with Crippen molar-refractivity contribution in [3.63, 3.8) is 0 Å². The predicted molar refractivity (Wildman–Crippen MR) is 81.3 cm³/mol. The van der Waals surface area contributed by atoms with Crippen LogP contribution in [-0.2, 0) is 6.42 Å². The van der Waals surface area contributed by atoms with Crippen molar-refractivity contribution < 1.29 is 9.31 Å². The van der Waals surface area contributed by atoms with Crippen LogP contribution < -0.4 is 5.32 Å². The summed E-state index contributed by atoms with van der Waals surface area (Å²) in [5.74, 6) is -0.512. The van der Waals surface area contributed by atoms with Crippen molar-refractivity contribution >= 4 is 23.0 Å². The molecule has 0 spiro atoms. The van der Waals surface area contributed by atoms with Gasteiger partial charge < -0.3 is 5.32 Å². The quantitative estimate of drug-likeness (QED) is 0.656. The molecule has 0 saturated carbocycles. The Morgan fingerprint density at radius 3 is 2.57 bits per heavy atom. The van der Waals surface area contributed by atoms with Crippen LogP contribution in [0.2, 0.25) is 5.02 Å². The molecule has 0 radical (unpaired) electrons. The number of halogens is 2. The van der Waals surface area contributed by atoms with Gasteiger partial charge in [0.15, 0.2) is 0 Å². The van der Waals surface area contributed by atoms with E-state index >= 15 is 0 Å². The Hall–Kier alpha value is -2.14. The summed E-state index contributed by atoms with van der Waals surface area (Å²) in [5, 5.41) is 14.6. The molecule has 1 unspecified atom stereocenters. The zero-order valence-electron chi connectivity index (χ0n) is 11.3. The third kappa shape index (κ3) is 4.16. The molecule has 21 heavy (non-hydrogen) atoms. The van der Waals surface area contributed by atoms with Gasteiger partial charge in [-0.1, -0.05) is 23.7 Å². The summed E-state index contributed by atoms with van der Waals surface area (Å²) in [6.07, 6.45) is 0.644. The van der Waals surface area contributed by atoms with Gasteiger partial charge in [0.2, 0.25) is 0 Å². The van der Waals surface area contributed by atoms with Crippen molar-refractivity contribution in [2.75, 3.05) is 5.32 Å². The molecule has 1 atom stereocenters. The second-order valence-electron chi connectivity index (χ2n) is 4.79. The van der Waals surface area contributed by atoms with Crippen LogP contribution in [-0.4, -0.2) is 11.0 Å². The van der Waals surface area contributed by atoms with E-state index in [1.165, 1.54) is 0 Å². The first-order valence-corrected chi connectivity index (χ1v) is 6.78. The van der Waals surface area contributed by atoms with Crippen LogP contribution >= 0.6 is 11.6 Å². The lowest BCUT2D eigenvalue weighted by molar-refractivity contribution is -0.384. The van der Waals surface area contributed by atoms with Gasteiger partial charge in [-0.2, -0.15) is 0 Å². The first kappa shape index (κ1) is 15.3. The number of rotatable bonds is 5. The smallest absolute Gasteiger partial charge is 0.292 e. The van der Waals surface area contributed by atoms with Crippen molar-refractivity contribution in [1.29, 1.82) is 0 Å². The Labute approximate surface area is 126 Å². The molecule has 2 aromatic carbocycles. The van der Waals surface area contributed by atoms with Gasteiger partial charge in [-0.05, 0) is 37.1 Å². The zero-order chi connectivity index (χ0) is 15.4. The van der Waals surface area contributed by atoms with Crippen molar-refractivity contribution in [1.82, 2.24) is 0 Å². The molecule has 6 heteroatoms. The first-order valence-electron chi connectivity index (χ1n) is 6.40. The van der Waals surface area contributed by atoms with Crippen molar-refractivity contribution in [3.8, 4) is 0 Å². The van der Waals surface area contributed by atoms with Gasteiger partial charge in [-0.25, -0.2) is 4.39 Å². The molecular formula is C15H14ClFN2O2. The third-order valence-corrected chi connectivity index (χ3v) is 3.26. The number of nitro benzene ring substituents is 1. The lowest BCUT2D eigenvalue weighted by Crippen LogP contribution is -2.19. The van der Waals surface area contributed by atoms with Crippen molar-refractivity contribution in [2.24, 2.45) is 0 Å². The Morgan fingerprint density at radius 1 is 1.29 bits per heavy atom. The highest BCUT2D eigenvalue weighted by Gasteiger charge is 2.16. The molecule has 2 aromatic rings. The highest BCUT2D eigenvalue weighted by molar-refractivity contribution is 6.30. The SMILES string of the molecule is CC(Cc1ccc(Cl)cc1)Nc1cc(F)ccc1[N+](=O)[O-]. The number of anilines is 1. The standard InChI is InChI=1S/C15H14ClFN2O2/c1-10(8-11-2-4-12(16)5-3-11)18-14-9-13(17)6-7-15(14)19(20)21/h2-7,9-10,18H,8H2,1H3. The summed E-state index contributed by atoms with van der Waals surface area (Å²) >= 11 is 5.82. The highest BCUT2D eigenvalue weighted by atomic mass is 35.5. The highest BCUT2D eigenvalue weighted by Crippen LogP contribution is 2.26. The number of benzene rings is 2. The fourth-order valence-electron chi connectivity index (χ4n) is 2.07. The zero-order valence-corrected chi connectivity index (χ0v) is 12.1. The lowest BCUT2D eigenvalue weighted by atomic mass is 10.1. The van der Waals surface area contributed by atoms with Gasteiger partial charge >= 0.3 is 0 Å². The molecule has 0 fully saturated rings. The maximum atomic E-state index is 13.3. The Bertz CT molecular complexity index is 647. The van der Waals surface area contributed by atoms with E-state index in [-0.39, 0.29) is 17.4 Å². The molecule has 1 N–H and O–H groups in total. The average molecular weight is 309 g/mol. The number of nitrogens with zero attached hydrogens (tertiary/aromatic N) is 1. The van der Waals surface area contributed by atoms with Gasteiger partial charge in [0.1, 0.15) is 11.5 Å². The van der Waals surface area contributed by atoms with Crippen LogP contribution in [0.25, 0.3) is 0 Å². The van der Waals surface area contributed by atoms with Crippen LogP contribution in [0.3, 0.4) is 0 Å². The fraction of sp³-hybridized carbons (Fsp3) is 0.200. The largest absolute Gasteiger partial charge is 0.377 e. The maximum Gasteiger partial charge on any atom is 0.292 e. The molecule has 0 aliphatic rings.